The van der Waals surface area contributed by atoms with Crippen molar-refractivity contribution in [1.29, 1.82) is 0 Å². The number of hydrogen-bond acceptors (Lipinski definition) is 3. The van der Waals surface area contributed by atoms with Crippen LogP contribution in [0.3, 0.4) is 0 Å². The molecule has 0 unspecified atom stereocenters. The van der Waals surface area contributed by atoms with E-state index in [0.29, 0.717) is 12.8 Å². The smallest absolute Gasteiger partial charge is 0.326 e. The van der Waals surface area contributed by atoms with Gasteiger partial charge in [-0.2, -0.15) is 0 Å². The first kappa shape index (κ1) is 14.0. The van der Waals surface area contributed by atoms with Crippen LogP contribution in [0.25, 0.3) is 11.0 Å². The fourth-order valence-electron chi connectivity index (χ4n) is 2.08. The Hall–Kier alpha value is -2.37. The Morgan fingerprint density at radius 3 is 2.85 bits per heavy atom. The van der Waals surface area contributed by atoms with Gasteiger partial charge in [0, 0.05) is 0 Å². The number of benzene rings is 1. The molecule has 6 nitrogen and oxygen atoms in total. The van der Waals surface area contributed by atoms with Crippen LogP contribution in [0.4, 0.5) is 0 Å². The predicted molar refractivity (Wildman–Crippen MR) is 74.2 cm³/mol. The van der Waals surface area contributed by atoms with Gasteiger partial charge < -0.3 is 15.0 Å². The SMILES string of the molecule is CCC[C@H](NC(=O)Cn1cnc2ccccc21)C(=O)O. The summed E-state index contributed by atoms with van der Waals surface area (Å²) in [5.41, 5.74) is 1.66. The number of rotatable bonds is 6. The number of aromatic nitrogens is 2. The second-order valence-corrected chi connectivity index (χ2v) is 4.61. The monoisotopic (exact) mass is 275 g/mol. The molecule has 20 heavy (non-hydrogen) atoms. The molecule has 1 amide bonds. The van der Waals surface area contributed by atoms with E-state index in [4.69, 9.17) is 5.11 Å². The lowest BCUT2D eigenvalue weighted by Crippen LogP contribution is -2.42. The number of amides is 1. The van der Waals surface area contributed by atoms with Crippen molar-refractivity contribution in [3.8, 4) is 0 Å². The van der Waals surface area contributed by atoms with Gasteiger partial charge in [-0.1, -0.05) is 25.5 Å². The quantitative estimate of drug-likeness (QED) is 0.834. The molecule has 0 fully saturated rings. The molecule has 0 spiro atoms. The second-order valence-electron chi connectivity index (χ2n) is 4.61. The number of carboxylic acid groups (broad SMARTS) is 1. The average molecular weight is 275 g/mol. The summed E-state index contributed by atoms with van der Waals surface area (Å²) >= 11 is 0. The molecular formula is C14H17N3O3. The third-order valence-corrected chi connectivity index (χ3v) is 3.05. The summed E-state index contributed by atoms with van der Waals surface area (Å²) < 4.78 is 1.70. The van der Waals surface area contributed by atoms with E-state index >= 15 is 0 Å². The van der Waals surface area contributed by atoms with Gasteiger partial charge in [0.05, 0.1) is 17.4 Å². The van der Waals surface area contributed by atoms with Crippen molar-refractivity contribution in [1.82, 2.24) is 14.9 Å². The van der Waals surface area contributed by atoms with E-state index in [1.807, 2.05) is 31.2 Å². The van der Waals surface area contributed by atoms with E-state index in [2.05, 4.69) is 10.3 Å². The van der Waals surface area contributed by atoms with Crippen LogP contribution in [0.1, 0.15) is 19.8 Å². The van der Waals surface area contributed by atoms with E-state index in [9.17, 15) is 9.59 Å². The summed E-state index contributed by atoms with van der Waals surface area (Å²) in [4.78, 5) is 27.1. The highest BCUT2D eigenvalue weighted by Gasteiger charge is 2.19. The summed E-state index contributed by atoms with van der Waals surface area (Å²) in [6, 6.07) is 6.65. The lowest BCUT2D eigenvalue weighted by atomic mass is 10.1. The van der Waals surface area contributed by atoms with Crippen molar-refractivity contribution >= 4 is 22.9 Å². The van der Waals surface area contributed by atoms with Crippen molar-refractivity contribution in [2.75, 3.05) is 0 Å². The molecule has 0 saturated carbocycles. The van der Waals surface area contributed by atoms with E-state index in [-0.39, 0.29) is 12.5 Å². The minimum absolute atomic E-state index is 0.0635. The molecule has 6 heteroatoms. The van der Waals surface area contributed by atoms with Gasteiger partial charge in [0.15, 0.2) is 0 Å². The Bertz CT molecular complexity index is 621. The molecule has 0 aliphatic heterocycles. The van der Waals surface area contributed by atoms with E-state index in [0.717, 1.165) is 11.0 Å². The number of fused-ring (bicyclic) bond motifs is 1. The van der Waals surface area contributed by atoms with Crippen LogP contribution >= 0.6 is 0 Å². The lowest BCUT2D eigenvalue weighted by molar-refractivity contribution is -0.142. The number of para-hydroxylation sites is 2. The van der Waals surface area contributed by atoms with Crippen LogP contribution in [0.5, 0.6) is 0 Å². The van der Waals surface area contributed by atoms with E-state index < -0.39 is 12.0 Å². The molecule has 2 aromatic rings. The molecule has 1 atom stereocenters. The number of aliphatic carboxylic acids is 1. The zero-order valence-electron chi connectivity index (χ0n) is 11.2. The van der Waals surface area contributed by atoms with Gasteiger partial charge in [-0.25, -0.2) is 9.78 Å². The largest absolute Gasteiger partial charge is 0.480 e. The first-order valence-electron chi connectivity index (χ1n) is 6.54. The van der Waals surface area contributed by atoms with Crippen LogP contribution < -0.4 is 5.32 Å². The first-order chi connectivity index (χ1) is 9.61. The van der Waals surface area contributed by atoms with E-state index in [1.54, 1.807) is 10.9 Å². The zero-order valence-corrected chi connectivity index (χ0v) is 11.2. The Balaban J connectivity index is 2.06. The van der Waals surface area contributed by atoms with Gasteiger partial charge in [-0.05, 0) is 18.6 Å². The number of carbonyl (C=O) groups is 2. The van der Waals surface area contributed by atoms with Crippen LogP contribution in [-0.4, -0.2) is 32.6 Å². The summed E-state index contributed by atoms with van der Waals surface area (Å²) in [5.74, 6) is -1.33. The number of carbonyl (C=O) groups excluding carboxylic acids is 1. The summed E-state index contributed by atoms with van der Waals surface area (Å²) in [6.07, 6.45) is 2.71. The van der Waals surface area contributed by atoms with Crippen molar-refractivity contribution in [2.45, 2.75) is 32.4 Å². The van der Waals surface area contributed by atoms with Crippen LogP contribution in [0.15, 0.2) is 30.6 Å². The normalized spacial score (nSPS) is 12.2. The number of carboxylic acids is 1. The Labute approximate surface area is 116 Å². The van der Waals surface area contributed by atoms with Gasteiger partial charge in [0.25, 0.3) is 0 Å². The van der Waals surface area contributed by atoms with Crippen LogP contribution in [-0.2, 0) is 16.1 Å². The van der Waals surface area contributed by atoms with Gasteiger partial charge in [-0.15, -0.1) is 0 Å². The van der Waals surface area contributed by atoms with Gasteiger partial charge in [0.1, 0.15) is 12.6 Å². The second kappa shape index (κ2) is 6.18. The maximum Gasteiger partial charge on any atom is 0.326 e. The zero-order chi connectivity index (χ0) is 14.5. The van der Waals surface area contributed by atoms with Gasteiger partial charge in [-0.3, -0.25) is 4.79 Å². The molecule has 1 aromatic heterocycles. The topological polar surface area (TPSA) is 84.2 Å². The minimum atomic E-state index is -1.00. The number of imidazole rings is 1. The molecular weight excluding hydrogens is 258 g/mol. The van der Waals surface area contributed by atoms with Gasteiger partial charge >= 0.3 is 5.97 Å². The molecule has 2 N–H and O–H groups in total. The lowest BCUT2D eigenvalue weighted by Gasteiger charge is -2.13. The van der Waals surface area contributed by atoms with Crippen molar-refractivity contribution in [2.24, 2.45) is 0 Å². The van der Waals surface area contributed by atoms with E-state index in [1.165, 1.54) is 0 Å². The molecule has 0 aliphatic carbocycles. The molecule has 0 saturated heterocycles. The summed E-state index contributed by atoms with van der Waals surface area (Å²) in [7, 11) is 0. The molecule has 0 aliphatic rings. The third-order valence-electron chi connectivity index (χ3n) is 3.05. The average Bonchev–Trinajstić information content (AvgIpc) is 2.81. The van der Waals surface area contributed by atoms with Crippen molar-refractivity contribution in [3.05, 3.63) is 30.6 Å². The molecule has 1 heterocycles. The first-order valence-corrected chi connectivity index (χ1v) is 6.54. The predicted octanol–water partition coefficient (Wildman–Crippen LogP) is 1.41. The highest BCUT2D eigenvalue weighted by Crippen LogP contribution is 2.11. The fourth-order valence-corrected chi connectivity index (χ4v) is 2.08. The molecule has 2 rings (SSSR count). The summed E-state index contributed by atoms with van der Waals surface area (Å²) in [5, 5.41) is 11.6. The number of nitrogens with zero attached hydrogens (tertiary/aromatic N) is 2. The standard InChI is InChI=1S/C14H17N3O3/c1-2-5-11(14(19)20)16-13(18)8-17-9-15-10-6-3-4-7-12(10)17/h3-4,6-7,9,11H,2,5,8H2,1H3,(H,16,18)(H,19,20)/t11-/m0/s1. The highest BCUT2D eigenvalue weighted by molar-refractivity contribution is 5.84. The number of hydrogen-bond donors (Lipinski definition) is 2. The Morgan fingerprint density at radius 2 is 2.15 bits per heavy atom. The van der Waals surface area contributed by atoms with Crippen LogP contribution in [0, 0.1) is 0 Å². The molecule has 106 valence electrons. The fraction of sp³-hybridized carbons (Fsp3) is 0.357. The van der Waals surface area contributed by atoms with Gasteiger partial charge in [0.2, 0.25) is 5.91 Å². The maximum atomic E-state index is 11.9. The Kier molecular flexibility index (Phi) is 4.34. The highest BCUT2D eigenvalue weighted by atomic mass is 16.4. The third kappa shape index (κ3) is 3.14. The molecule has 0 bridgehead atoms. The maximum absolute atomic E-state index is 11.9. The number of nitrogens with one attached hydrogen (secondary N) is 1. The van der Waals surface area contributed by atoms with Crippen LogP contribution in [0.2, 0.25) is 0 Å². The minimum Gasteiger partial charge on any atom is -0.480 e. The van der Waals surface area contributed by atoms with Crippen molar-refractivity contribution in [3.63, 3.8) is 0 Å². The molecule has 0 radical (unpaired) electrons. The van der Waals surface area contributed by atoms with Crippen molar-refractivity contribution < 1.29 is 14.7 Å². The summed E-state index contributed by atoms with van der Waals surface area (Å²) in [6.45, 7) is 1.94. The molecule has 1 aromatic carbocycles. The Morgan fingerprint density at radius 1 is 1.40 bits per heavy atom.